The van der Waals surface area contributed by atoms with Crippen LogP contribution in [-0.2, 0) is 0 Å². The molecule has 2 aromatic rings. The van der Waals surface area contributed by atoms with Crippen LogP contribution in [0.3, 0.4) is 0 Å². The highest BCUT2D eigenvalue weighted by Crippen LogP contribution is 2.39. The minimum Gasteiger partial charge on any atom is -0.507 e. The van der Waals surface area contributed by atoms with Crippen molar-refractivity contribution in [2.45, 2.75) is 13.8 Å². The molecule has 0 amide bonds. The van der Waals surface area contributed by atoms with Crippen LogP contribution in [0.15, 0.2) is 24.3 Å². The minimum absolute atomic E-state index is 0.0695. The maximum absolute atomic E-state index is 12.7. The number of aryl methyl sites for hydroxylation is 1. The zero-order valence-corrected chi connectivity index (χ0v) is 12.0. The number of carbonyl (C=O) groups excluding carboxylic acids is 2. The van der Waals surface area contributed by atoms with Crippen molar-refractivity contribution in [1.29, 1.82) is 0 Å². The maximum atomic E-state index is 12.7. The summed E-state index contributed by atoms with van der Waals surface area (Å²) in [7, 11) is 1.45. The Labute approximate surface area is 122 Å². The van der Waals surface area contributed by atoms with Gasteiger partial charge in [-0.05, 0) is 37.1 Å². The first-order valence-electron chi connectivity index (χ1n) is 6.57. The number of phenols is 1. The Morgan fingerprint density at radius 2 is 1.71 bits per heavy atom. The summed E-state index contributed by atoms with van der Waals surface area (Å²) >= 11 is 0. The van der Waals surface area contributed by atoms with E-state index in [1.165, 1.54) is 7.11 Å². The Morgan fingerprint density at radius 1 is 1.00 bits per heavy atom. The van der Waals surface area contributed by atoms with Gasteiger partial charge in [0.25, 0.3) is 0 Å². The standard InChI is InChI=1S/C17H14O4/c1-8-7-11-14(15(18)9(8)2)17(20)13-10(16(11)19)5-4-6-12(13)21-3/h4-7,18H,1-3H3. The van der Waals surface area contributed by atoms with Gasteiger partial charge < -0.3 is 9.84 Å². The first kappa shape index (κ1) is 13.4. The van der Waals surface area contributed by atoms with Crippen molar-refractivity contribution in [2.24, 2.45) is 0 Å². The van der Waals surface area contributed by atoms with Crippen molar-refractivity contribution in [3.8, 4) is 11.5 Å². The summed E-state index contributed by atoms with van der Waals surface area (Å²) in [5.74, 6) is -0.427. The fourth-order valence-electron chi connectivity index (χ4n) is 2.70. The quantitative estimate of drug-likeness (QED) is 0.745. The number of hydrogen-bond acceptors (Lipinski definition) is 4. The van der Waals surface area contributed by atoms with Gasteiger partial charge in [0.2, 0.25) is 5.78 Å². The molecule has 0 spiro atoms. The third kappa shape index (κ3) is 1.69. The molecule has 0 saturated heterocycles. The SMILES string of the molecule is COc1cccc2c1C(=O)c1c(cc(C)c(C)c1O)C2=O. The van der Waals surface area contributed by atoms with Gasteiger partial charge in [-0.1, -0.05) is 12.1 Å². The number of rotatable bonds is 1. The highest BCUT2D eigenvalue weighted by atomic mass is 16.5. The van der Waals surface area contributed by atoms with E-state index in [0.29, 0.717) is 16.9 Å². The number of ether oxygens (including phenoxy) is 1. The molecule has 0 radical (unpaired) electrons. The monoisotopic (exact) mass is 282 g/mol. The highest BCUT2D eigenvalue weighted by molar-refractivity contribution is 6.30. The first-order valence-corrected chi connectivity index (χ1v) is 6.57. The average molecular weight is 282 g/mol. The van der Waals surface area contributed by atoms with Gasteiger partial charge in [-0.25, -0.2) is 0 Å². The van der Waals surface area contributed by atoms with Crippen molar-refractivity contribution in [3.05, 3.63) is 57.6 Å². The molecular formula is C17H14O4. The lowest BCUT2D eigenvalue weighted by Gasteiger charge is -2.21. The van der Waals surface area contributed by atoms with Gasteiger partial charge in [-0.3, -0.25) is 9.59 Å². The lowest BCUT2D eigenvalue weighted by molar-refractivity contribution is 0.0974. The van der Waals surface area contributed by atoms with Gasteiger partial charge >= 0.3 is 0 Å². The van der Waals surface area contributed by atoms with Crippen LogP contribution in [0.4, 0.5) is 0 Å². The number of phenolic OH excluding ortho intramolecular Hbond substituents is 1. The van der Waals surface area contributed by atoms with Crippen LogP contribution in [0.2, 0.25) is 0 Å². The van der Waals surface area contributed by atoms with E-state index in [9.17, 15) is 14.7 Å². The fourth-order valence-corrected chi connectivity index (χ4v) is 2.70. The number of methoxy groups -OCH3 is 1. The topological polar surface area (TPSA) is 63.6 Å². The Kier molecular flexibility index (Phi) is 2.83. The zero-order valence-electron chi connectivity index (χ0n) is 12.0. The van der Waals surface area contributed by atoms with Gasteiger partial charge in [0, 0.05) is 11.1 Å². The third-order valence-electron chi connectivity index (χ3n) is 4.00. The fraction of sp³-hybridized carbons (Fsp3) is 0.176. The molecule has 0 bridgehead atoms. The van der Waals surface area contributed by atoms with Crippen LogP contribution in [0.25, 0.3) is 0 Å². The molecule has 4 nitrogen and oxygen atoms in total. The number of carbonyl (C=O) groups is 2. The lowest BCUT2D eigenvalue weighted by Crippen LogP contribution is -2.22. The largest absolute Gasteiger partial charge is 0.507 e. The predicted octanol–water partition coefficient (Wildman–Crippen LogP) is 2.79. The van der Waals surface area contributed by atoms with Crippen LogP contribution in [0.1, 0.15) is 43.0 Å². The van der Waals surface area contributed by atoms with E-state index in [-0.39, 0.29) is 34.0 Å². The second-order valence-electron chi connectivity index (χ2n) is 5.13. The van der Waals surface area contributed by atoms with Crippen molar-refractivity contribution < 1.29 is 19.4 Å². The zero-order chi connectivity index (χ0) is 15.3. The second kappa shape index (κ2) is 4.45. The smallest absolute Gasteiger partial charge is 0.201 e. The number of hydrogen-bond donors (Lipinski definition) is 1. The molecule has 1 aliphatic carbocycles. The molecule has 1 N–H and O–H groups in total. The van der Waals surface area contributed by atoms with Crippen LogP contribution >= 0.6 is 0 Å². The molecule has 0 atom stereocenters. The van der Waals surface area contributed by atoms with E-state index in [4.69, 9.17) is 4.74 Å². The maximum Gasteiger partial charge on any atom is 0.201 e. The van der Waals surface area contributed by atoms with E-state index in [1.807, 2.05) is 0 Å². The van der Waals surface area contributed by atoms with Crippen molar-refractivity contribution in [2.75, 3.05) is 7.11 Å². The van der Waals surface area contributed by atoms with Gasteiger partial charge in [0.1, 0.15) is 11.5 Å². The summed E-state index contributed by atoms with van der Waals surface area (Å²) in [5.41, 5.74) is 2.24. The molecule has 0 aliphatic heterocycles. The molecular weight excluding hydrogens is 268 g/mol. The van der Waals surface area contributed by atoms with E-state index in [1.54, 1.807) is 38.1 Å². The third-order valence-corrected chi connectivity index (χ3v) is 4.00. The van der Waals surface area contributed by atoms with Gasteiger partial charge in [-0.2, -0.15) is 0 Å². The molecule has 0 heterocycles. The lowest BCUT2D eigenvalue weighted by atomic mass is 9.81. The average Bonchev–Trinajstić information content (AvgIpc) is 2.49. The van der Waals surface area contributed by atoms with E-state index in [0.717, 1.165) is 5.56 Å². The van der Waals surface area contributed by atoms with Gasteiger partial charge in [0.15, 0.2) is 5.78 Å². The van der Waals surface area contributed by atoms with E-state index >= 15 is 0 Å². The van der Waals surface area contributed by atoms with Gasteiger partial charge in [0.05, 0.1) is 18.2 Å². The Bertz CT molecular complexity index is 803. The summed E-state index contributed by atoms with van der Waals surface area (Å²) in [6.07, 6.45) is 0. The summed E-state index contributed by atoms with van der Waals surface area (Å²) in [5, 5.41) is 10.3. The molecule has 0 aromatic heterocycles. The second-order valence-corrected chi connectivity index (χ2v) is 5.13. The molecule has 0 saturated carbocycles. The van der Waals surface area contributed by atoms with Gasteiger partial charge in [-0.15, -0.1) is 0 Å². The molecule has 1 aliphatic rings. The summed E-state index contributed by atoms with van der Waals surface area (Å²) in [6, 6.07) is 6.57. The summed E-state index contributed by atoms with van der Waals surface area (Å²) < 4.78 is 5.19. The first-order chi connectivity index (χ1) is 9.97. The number of fused-ring (bicyclic) bond motifs is 2. The molecule has 4 heteroatoms. The number of aromatic hydroxyl groups is 1. The van der Waals surface area contributed by atoms with Crippen LogP contribution in [0, 0.1) is 13.8 Å². The Hall–Kier alpha value is -2.62. The Morgan fingerprint density at radius 3 is 2.38 bits per heavy atom. The van der Waals surface area contributed by atoms with E-state index < -0.39 is 0 Å². The molecule has 3 rings (SSSR count). The molecule has 0 fully saturated rings. The van der Waals surface area contributed by atoms with Crippen LogP contribution in [0.5, 0.6) is 11.5 Å². The van der Waals surface area contributed by atoms with Crippen LogP contribution < -0.4 is 4.74 Å². The molecule has 106 valence electrons. The molecule has 0 unspecified atom stereocenters. The van der Waals surface area contributed by atoms with Crippen molar-refractivity contribution in [3.63, 3.8) is 0 Å². The van der Waals surface area contributed by atoms with Crippen molar-refractivity contribution >= 4 is 11.6 Å². The van der Waals surface area contributed by atoms with E-state index in [2.05, 4.69) is 0 Å². The van der Waals surface area contributed by atoms with Crippen LogP contribution in [-0.4, -0.2) is 23.8 Å². The normalized spacial score (nSPS) is 12.9. The number of ketones is 2. The highest BCUT2D eigenvalue weighted by Gasteiger charge is 2.35. The molecule has 2 aromatic carbocycles. The Balaban J connectivity index is 2.39. The minimum atomic E-state index is -0.377. The predicted molar refractivity (Wildman–Crippen MR) is 77.4 cm³/mol. The summed E-state index contributed by atoms with van der Waals surface area (Å²) in [4.78, 5) is 25.3. The molecule has 21 heavy (non-hydrogen) atoms. The summed E-state index contributed by atoms with van der Waals surface area (Å²) in [6.45, 7) is 3.52. The van der Waals surface area contributed by atoms with Crippen molar-refractivity contribution in [1.82, 2.24) is 0 Å². The number of benzene rings is 2.